The van der Waals surface area contributed by atoms with Crippen LogP contribution in [0.3, 0.4) is 0 Å². The van der Waals surface area contributed by atoms with Crippen LogP contribution >= 0.6 is 0 Å². The van der Waals surface area contributed by atoms with Gasteiger partial charge in [-0.25, -0.2) is 9.37 Å². The van der Waals surface area contributed by atoms with Crippen molar-refractivity contribution in [2.45, 2.75) is 0 Å². The molecule has 0 saturated heterocycles. The predicted octanol–water partition coefficient (Wildman–Crippen LogP) is 3.31. The first-order valence-corrected chi connectivity index (χ1v) is 6.18. The number of hydrogen-bond donors (Lipinski definition) is 1. The van der Waals surface area contributed by atoms with E-state index in [-0.39, 0.29) is 5.82 Å². The molecule has 1 N–H and O–H groups in total. The van der Waals surface area contributed by atoms with Gasteiger partial charge < -0.3 is 0 Å². The summed E-state index contributed by atoms with van der Waals surface area (Å²) in [5.41, 5.74) is 3.82. The first-order valence-electron chi connectivity index (χ1n) is 6.18. The minimum atomic E-state index is -0.272. The second-order valence-electron chi connectivity index (χ2n) is 4.51. The number of benzene rings is 2. The average Bonchev–Trinajstić information content (AvgIpc) is 2.97. The number of aromatic amines is 1. The summed E-state index contributed by atoms with van der Waals surface area (Å²) in [5.74, 6) is -0.272. The lowest BCUT2D eigenvalue weighted by atomic mass is 10.1. The molecular weight excluding hydrogens is 255 g/mol. The fourth-order valence-corrected chi connectivity index (χ4v) is 2.34. The second kappa shape index (κ2) is 4.09. The molecule has 0 amide bonds. The van der Waals surface area contributed by atoms with Crippen LogP contribution in [0.25, 0.3) is 33.2 Å². The van der Waals surface area contributed by atoms with E-state index in [1.54, 1.807) is 12.1 Å². The standard InChI is InChI=1S/C15H9FN4/c16-10-7-5-9(6-8-10)13-15-14(18-20-19-15)11-3-1-2-4-12(11)17-13/h1-8H,(H,18,19,20). The maximum Gasteiger partial charge on any atom is 0.139 e. The summed E-state index contributed by atoms with van der Waals surface area (Å²) in [5, 5.41) is 12.0. The molecule has 2 aromatic carbocycles. The second-order valence-corrected chi connectivity index (χ2v) is 4.51. The Morgan fingerprint density at radius 1 is 0.850 bits per heavy atom. The number of nitrogens with one attached hydrogen (secondary N) is 1. The molecule has 4 nitrogen and oxygen atoms in total. The number of rotatable bonds is 1. The SMILES string of the molecule is Fc1ccc(-c2nc3ccccc3c3n[nH]nc23)cc1. The third-order valence-electron chi connectivity index (χ3n) is 3.28. The van der Waals surface area contributed by atoms with E-state index in [2.05, 4.69) is 20.4 Å². The first-order chi connectivity index (χ1) is 9.83. The van der Waals surface area contributed by atoms with E-state index in [1.165, 1.54) is 12.1 Å². The Bertz CT molecular complexity index is 912. The quantitative estimate of drug-likeness (QED) is 0.574. The van der Waals surface area contributed by atoms with Gasteiger partial charge in [0.25, 0.3) is 0 Å². The number of para-hydroxylation sites is 1. The van der Waals surface area contributed by atoms with Gasteiger partial charge in [-0.1, -0.05) is 18.2 Å². The molecular formula is C15H9FN4. The molecule has 96 valence electrons. The van der Waals surface area contributed by atoms with Crippen LogP contribution in [0.2, 0.25) is 0 Å². The molecule has 4 aromatic rings. The largest absolute Gasteiger partial charge is 0.245 e. The fourth-order valence-electron chi connectivity index (χ4n) is 2.34. The summed E-state index contributed by atoms with van der Waals surface area (Å²) < 4.78 is 13.1. The maximum atomic E-state index is 13.1. The summed E-state index contributed by atoms with van der Waals surface area (Å²) in [7, 11) is 0. The highest BCUT2D eigenvalue weighted by atomic mass is 19.1. The molecule has 0 aliphatic rings. The van der Waals surface area contributed by atoms with Gasteiger partial charge in [0.2, 0.25) is 0 Å². The Hall–Kier alpha value is -2.82. The lowest BCUT2D eigenvalue weighted by molar-refractivity contribution is 0.628. The Kier molecular flexibility index (Phi) is 2.26. The Morgan fingerprint density at radius 2 is 1.60 bits per heavy atom. The van der Waals surface area contributed by atoms with Crippen LogP contribution in [0.1, 0.15) is 0 Å². The van der Waals surface area contributed by atoms with Crippen molar-refractivity contribution >= 4 is 21.9 Å². The van der Waals surface area contributed by atoms with Crippen LogP contribution < -0.4 is 0 Å². The van der Waals surface area contributed by atoms with Crippen molar-refractivity contribution in [2.75, 3.05) is 0 Å². The molecule has 4 rings (SSSR count). The number of hydrogen-bond acceptors (Lipinski definition) is 3. The van der Waals surface area contributed by atoms with Crippen molar-refractivity contribution in [1.82, 2.24) is 20.4 Å². The first kappa shape index (κ1) is 11.0. The van der Waals surface area contributed by atoms with E-state index in [4.69, 9.17) is 0 Å². The minimum Gasteiger partial charge on any atom is -0.245 e. The van der Waals surface area contributed by atoms with E-state index in [1.807, 2.05) is 24.3 Å². The molecule has 0 unspecified atom stereocenters. The van der Waals surface area contributed by atoms with E-state index in [9.17, 15) is 4.39 Å². The van der Waals surface area contributed by atoms with E-state index in [0.717, 1.165) is 22.0 Å². The van der Waals surface area contributed by atoms with E-state index < -0.39 is 0 Å². The van der Waals surface area contributed by atoms with Crippen molar-refractivity contribution in [1.29, 1.82) is 0 Å². The number of halogens is 1. The third-order valence-corrected chi connectivity index (χ3v) is 3.28. The molecule has 0 aliphatic heterocycles. The third kappa shape index (κ3) is 1.56. The summed E-state index contributed by atoms with van der Waals surface area (Å²) in [6.07, 6.45) is 0. The Balaban J connectivity index is 2.11. The fraction of sp³-hybridized carbons (Fsp3) is 0. The van der Waals surface area contributed by atoms with E-state index >= 15 is 0 Å². The topological polar surface area (TPSA) is 54.5 Å². The highest BCUT2D eigenvalue weighted by Gasteiger charge is 2.13. The molecule has 0 spiro atoms. The van der Waals surface area contributed by atoms with Gasteiger partial charge in [0.05, 0.1) is 5.52 Å². The van der Waals surface area contributed by atoms with Crippen LogP contribution in [-0.2, 0) is 0 Å². The monoisotopic (exact) mass is 264 g/mol. The Labute approximate surface area is 113 Å². The van der Waals surface area contributed by atoms with E-state index in [0.29, 0.717) is 11.2 Å². The Morgan fingerprint density at radius 3 is 2.45 bits per heavy atom. The van der Waals surface area contributed by atoms with Gasteiger partial charge in [0.15, 0.2) is 0 Å². The number of pyridine rings is 1. The smallest absolute Gasteiger partial charge is 0.139 e. The lowest BCUT2D eigenvalue weighted by Crippen LogP contribution is -1.89. The zero-order chi connectivity index (χ0) is 13.5. The molecule has 0 aliphatic carbocycles. The van der Waals surface area contributed by atoms with Gasteiger partial charge >= 0.3 is 0 Å². The summed E-state index contributed by atoms with van der Waals surface area (Å²) in [6.45, 7) is 0. The number of aromatic nitrogens is 4. The molecule has 2 aromatic heterocycles. The lowest BCUT2D eigenvalue weighted by Gasteiger charge is -2.04. The van der Waals surface area contributed by atoms with Crippen molar-refractivity contribution in [3.05, 3.63) is 54.3 Å². The number of fused-ring (bicyclic) bond motifs is 3. The molecule has 5 heteroatoms. The van der Waals surface area contributed by atoms with Crippen LogP contribution in [0.5, 0.6) is 0 Å². The van der Waals surface area contributed by atoms with Crippen molar-refractivity contribution in [3.8, 4) is 11.3 Å². The molecule has 0 fully saturated rings. The summed E-state index contributed by atoms with van der Waals surface area (Å²) >= 11 is 0. The molecule has 0 saturated carbocycles. The summed E-state index contributed by atoms with van der Waals surface area (Å²) in [6, 6.07) is 14.0. The van der Waals surface area contributed by atoms with Gasteiger partial charge in [-0.15, -0.1) is 0 Å². The minimum absolute atomic E-state index is 0.272. The van der Waals surface area contributed by atoms with Gasteiger partial charge in [0.1, 0.15) is 22.5 Å². The van der Waals surface area contributed by atoms with Crippen LogP contribution in [-0.4, -0.2) is 20.4 Å². The summed E-state index contributed by atoms with van der Waals surface area (Å²) in [4.78, 5) is 4.63. The normalized spacial score (nSPS) is 11.2. The predicted molar refractivity (Wildman–Crippen MR) is 74.6 cm³/mol. The van der Waals surface area contributed by atoms with Gasteiger partial charge in [-0.05, 0) is 30.3 Å². The van der Waals surface area contributed by atoms with Gasteiger partial charge in [-0.2, -0.15) is 15.4 Å². The zero-order valence-electron chi connectivity index (χ0n) is 10.3. The van der Waals surface area contributed by atoms with Crippen LogP contribution in [0.4, 0.5) is 4.39 Å². The highest BCUT2D eigenvalue weighted by molar-refractivity contribution is 6.06. The van der Waals surface area contributed by atoms with Crippen molar-refractivity contribution < 1.29 is 4.39 Å². The molecule has 20 heavy (non-hydrogen) atoms. The molecule has 2 heterocycles. The zero-order valence-corrected chi connectivity index (χ0v) is 10.3. The average molecular weight is 264 g/mol. The highest BCUT2D eigenvalue weighted by Crippen LogP contribution is 2.29. The number of nitrogens with zero attached hydrogens (tertiary/aromatic N) is 3. The van der Waals surface area contributed by atoms with Crippen LogP contribution in [0.15, 0.2) is 48.5 Å². The molecule has 0 atom stereocenters. The van der Waals surface area contributed by atoms with Crippen LogP contribution in [0, 0.1) is 5.82 Å². The van der Waals surface area contributed by atoms with Crippen molar-refractivity contribution in [2.24, 2.45) is 0 Å². The number of H-pyrrole nitrogens is 1. The van der Waals surface area contributed by atoms with Gasteiger partial charge in [-0.3, -0.25) is 0 Å². The van der Waals surface area contributed by atoms with Gasteiger partial charge in [0, 0.05) is 10.9 Å². The molecule has 0 radical (unpaired) electrons. The molecule has 0 bridgehead atoms. The maximum absolute atomic E-state index is 13.1. The van der Waals surface area contributed by atoms with Crippen molar-refractivity contribution in [3.63, 3.8) is 0 Å².